The van der Waals surface area contributed by atoms with Gasteiger partial charge < -0.3 is 25.8 Å². The molecule has 0 aromatic carbocycles. The Labute approximate surface area is 197 Å². The average molecular weight is 467 g/mol. The van der Waals surface area contributed by atoms with Gasteiger partial charge in [0.25, 0.3) is 11.8 Å². The van der Waals surface area contributed by atoms with Crippen LogP contribution in [0.5, 0.6) is 5.88 Å². The molecule has 180 valence electrons. The first-order chi connectivity index (χ1) is 16.3. The van der Waals surface area contributed by atoms with Gasteiger partial charge in [-0.25, -0.2) is 9.50 Å². The molecule has 3 atom stereocenters. The Hall–Kier alpha value is -3.66. The highest BCUT2D eigenvalue weighted by molar-refractivity contribution is 6.02. The number of pyridine rings is 1. The van der Waals surface area contributed by atoms with Crippen LogP contribution in [0, 0.1) is 5.92 Å². The number of aliphatic hydroxyl groups excluding tert-OH is 1. The molecule has 4 rings (SSSR count). The molecule has 4 heterocycles. The van der Waals surface area contributed by atoms with Crippen LogP contribution >= 0.6 is 0 Å². The number of aliphatic hydroxyl groups is 1. The van der Waals surface area contributed by atoms with Gasteiger partial charge in [0.1, 0.15) is 6.10 Å². The van der Waals surface area contributed by atoms with Crippen LogP contribution in [0.15, 0.2) is 36.8 Å². The van der Waals surface area contributed by atoms with Crippen LogP contribution in [0.4, 0.5) is 5.69 Å². The lowest BCUT2D eigenvalue weighted by Gasteiger charge is -2.39. The molecule has 0 bridgehead atoms. The zero-order valence-corrected chi connectivity index (χ0v) is 19.6. The number of carbonyl (C=O) groups excluding carboxylic acids is 2. The number of ether oxygens (including phenoxy) is 1. The summed E-state index contributed by atoms with van der Waals surface area (Å²) in [5.41, 5.74) is 9.14. The van der Waals surface area contributed by atoms with Gasteiger partial charge in [0, 0.05) is 43.2 Å². The molecule has 0 aliphatic carbocycles. The molecule has 1 aliphatic heterocycles. The molecule has 4 N–H and O–H groups in total. The smallest absolute Gasteiger partial charge is 0.252 e. The lowest BCUT2D eigenvalue weighted by molar-refractivity contribution is -0.141. The average Bonchev–Trinajstić information content (AvgIpc) is 3.28. The number of rotatable bonds is 7. The summed E-state index contributed by atoms with van der Waals surface area (Å²) in [4.78, 5) is 30.4. The monoisotopic (exact) mass is 466 g/mol. The number of piperidine rings is 1. The third-order valence-corrected chi connectivity index (χ3v) is 6.44. The second kappa shape index (κ2) is 9.68. The van der Waals surface area contributed by atoms with Crippen molar-refractivity contribution < 1.29 is 19.4 Å². The second-order valence-corrected chi connectivity index (χ2v) is 8.61. The minimum atomic E-state index is -1.02. The van der Waals surface area contributed by atoms with E-state index in [1.54, 1.807) is 22.7 Å². The third kappa shape index (κ3) is 4.54. The van der Waals surface area contributed by atoms with Gasteiger partial charge in [0.2, 0.25) is 5.88 Å². The molecule has 1 fully saturated rings. The van der Waals surface area contributed by atoms with Crippen LogP contribution in [0.3, 0.4) is 0 Å². The minimum absolute atomic E-state index is 0.0201. The Morgan fingerprint density at radius 2 is 2.15 bits per heavy atom. The molecule has 0 saturated carbocycles. The van der Waals surface area contributed by atoms with E-state index in [0.29, 0.717) is 36.6 Å². The highest BCUT2D eigenvalue weighted by atomic mass is 16.5. The number of likely N-dealkylation sites (tertiary alicyclic amines) is 1. The lowest BCUT2D eigenvalue weighted by atomic mass is 9.89. The maximum absolute atomic E-state index is 12.3. The SMILES string of the molecule is CC[C@@H]1CN(C(=O)C(C)O)CC[C@H]1Nc1c(C(N)=O)cnn2cc(-c3ccnc(OC)c3)cc12. The van der Waals surface area contributed by atoms with Crippen molar-refractivity contribution in [1.29, 1.82) is 0 Å². The zero-order valence-electron chi connectivity index (χ0n) is 19.6. The molecule has 1 unspecified atom stereocenters. The Morgan fingerprint density at radius 1 is 1.35 bits per heavy atom. The lowest BCUT2D eigenvalue weighted by Crippen LogP contribution is -2.50. The molecule has 0 spiro atoms. The molecule has 1 aliphatic rings. The van der Waals surface area contributed by atoms with Crippen LogP contribution in [0.25, 0.3) is 16.6 Å². The van der Waals surface area contributed by atoms with Gasteiger partial charge in [-0.15, -0.1) is 0 Å². The summed E-state index contributed by atoms with van der Waals surface area (Å²) in [7, 11) is 1.56. The Balaban J connectivity index is 1.69. The molecular weight excluding hydrogens is 436 g/mol. The number of primary amides is 1. The molecule has 1 saturated heterocycles. The van der Waals surface area contributed by atoms with Crippen molar-refractivity contribution in [2.45, 2.75) is 38.8 Å². The van der Waals surface area contributed by atoms with E-state index in [-0.39, 0.29) is 17.9 Å². The van der Waals surface area contributed by atoms with Crippen molar-refractivity contribution in [3.63, 3.8) is 0 Å². The fourth-order valence-corrected chi connectivity index (χ4v) is 4.54. The fraction of sp³-hybridized carbons (Fsp3) is 0.417. The van der Waals surface area contributed by atoms with Gasteiger partial charge in [0.05, 0.1) is 30.1 Å². The summed E-state index contributed by atoms with van der Waals surface area (Å²) in [5, 5.41) is 17.6. The summed E-state index contributed by atoms with van der Waals surface area (Å²) in [6.07, 6.45) is 5.51. The van der Waals surface area contributed by atoms with Crippen LogP contribution in [0.2, 0.25) is 0 Å². The Kier molecular flexibility index (Phi) is 6.69. The van der Waals surface area contributed by atoms with Crippen LogP contribution < -0.4 is 15.8 Å². The Bertz CT molecular complexity index is 1210. The van der Waals surface area contributed by atoms with Gasteiger partial charge in [0.15, 0.2) is 0 Å². The third-order valence-electron chi connectivity index (χ3n) is 6.44. The van der Waals surface area contributed by atoms with E-state index in [1.807, 2.05) is 24.4 Å². The van der Waals surface area contributed by atoms with Crippen molar-refractivity contribution in [1.82, 2.24) is 19.5 Å². The number of carbonyl (C=O) groups is 2. The molecular formula is C24H30N6O4. The van der Waals surface area contributed by atoms with E-state index in [1.165, 1.54) is 13.1 Å². The van der Waals surface area contributed by atoms with Gasteiger partial charge in [-0.3, -0.25) is 9.59 Å². The molecule has 2 amide bonds. The van der Waals surface area contributed by atoms with Gasteiger partial charge in [-0.2, -0.15) is 5.10 Å². The number of nitrogens with one attached hydrogen (secondary N) is 1. The number of aromatic nitrogens is 3. The molecule has 3 aromatic heterocycles. The predicted octanol–water partition coefficient (Wildman–Crippen LogP) is 1.92. The summed E-state index contributed by atoms with van der Waals surface area (Å²) >= 11 is 0. The number of anilines is 1. The Morgan fingerprint density at radius 3 is 2.82 bits per heavy atom. The highest BCUT2D eigenvalue weighted by Crippen LogP contribution is 2.32. The van der Waals surface area contributed by atoms with Gasteiger partial charge in [-0.1, -0.05) is 6.92 Å². The first-order valence-corrected chi connectivity index (χ1v) is 11.4. The summed E-state index contributed by atoms with van der Waals surface area (Å²) < 4.78 is 6.95. The van der Waals surface area contributed by atoms with Crippen molar-refractivity contribution >= 4 is 23.0 Å². The number of nitrogens with zero attached hydrogens (tertiary/aromatic N) is 4. The number of hydrogen-bond acceptors (Lipinski definition) is 7. The number of nitrogens with two attached hydrogens (primary N) is 1. The summed E-state index contributed by atoms with van der Waals surface area (Å²) in [6.45, 7) is 4.62. The fourth-order valence-electron chi connectivity index (χ4n) is 4.54. The van der Waals surface area contributed by atoms with Crippen LogP contribution in [-0.4, -0.2) is 68.8 Å². The first kappa shape index (κ1) is 23.5. The summed E-state index contributed by atoms with van der Waals surface area (Å²) in [5.74, 6) is -0.184. The maximum Gasteiger partial charge on any atom is 0.252 e. The van der Waals surface area contributed by atoms with Crippen LogP contribution in [0.1, 0.15) is 37.0 Å². The van der Waals surface area contributed by atoms with E-state index in [9.17, 15) is 14.7 Å². The summed E-state index contributed by atoms with van der Waals surface area (Å²) in [6, 6.07) is 5.68. The minimum Gasteiger partial charge on any atom is -0.481 e. The van der Waals surface area contributed by atoms with E-state index in [2.05, 4.69) is 22.3 Å². The molecule has 10 heteroatoms. The van der Waals surface area contributed by atoms with Gasteiger partial charge >= 0.3 is 0 Å². The normalized spacial score (nSPS) is 19.1. The van der Waals surface area contributed by atoms with E-state index in [0.717, 1.165) is 23.1 Å². The van der Waals surface area contributed by atoms with E-state index >= 15 is 0 Å². The number of hydrogen-bond donors (Lipinski definition) is 3. The van der Waals surface area contributed by atoms with Crippen molar-refractivity contribution in [2.24, 2.45) is 11.7 Å². The standard InChI is InChI=1S/C24H30N6O4/c1-4-15-12-29(24(33)14(2)31)8-6-19(15)28-22-18(23(25)32)11-27-30-13-17(9-20(22)30)16-5-7-26-21(10-16)34-3/h5,7,9-11,13-15,19,28,31H,4,6,8,12H2,1-3H3,(H2,25,32)/t14?,15-,19-/m1/s1. The topological polar surface area (TPSA) is 135 Å². The molecule has 0 radical (unpaired) electrons. The molecule has 3 aromatic rings. The van der Waals surface area contributed by atoms with Crippen molar-refractivity contribution in [3.05, 3.63) is 42.4 Å². The maximum atomic E-state index is 12.3. The number of methoxy groups -OCH3 is 1. The zero-order chi connectivity index (χ0) is 24.4. The van der Waals surface area contributed by atoms with E-state index in [4.69, 9.17) is 10.5 Å². The molecule has 10 nitrogen and oxygen atoms in total. The molecule has 34 heavy (non-hydrogen) atoms. The first-order valence-electron chi connectivity index (χ1n) is 11.4. The highest BCUT2D eigenvalue weighted by Gasteiger charge is 2.32. The quantitative estimate of drug-likeness (QED) is 0.484. The number of fused-ring (bicyclic) bond motifs is 1. The van der Waals surface area contributed by atoms with E-state index < -0.39 is 12.0 Å². The predicted molar refractivity (Wildman–Crippen MR) is 128 cm³/mol. The van der Waals surface area contributed by atoms with Crippen molar-refractivity contribution in [2.75, 3.05) is 25.5 Å². The van der Waals surface area contributed by atoms with Gasteiger partial charge in [-0.05, 0) is 43.4 Å². The second-order valence-electron chi connectivity index (χ2n) is 8.61. The number of amides is 2. The largest absolute Gasteiger partial charge is 0.481 e. The van der Waals surface area contributed by atoms with Crippen LogP contribution in [-0.2, 0) is 4.79 Å². The van der Waals surface area contributed by atoms with Crippen molar-refractivity contribution in [3.8, 4) is 17.0 Å².